The van der Waals surface area contributed by atoms with Crippen LogP contribution in [0.2, 0.25) is 0 Å². The Morgan fingerprint density at radius 3 is 0.823 bits per heavy atom. The monoisotopic (exact) mass is 1090 g/mol. The van der Waals surface area contributed by atoms with Crippen molar-refractivity contribution in [2.24, 2.45) is 0 Å². The molecule has 0 bridgehead atoms. The van der Waals surface area contributed by atoms with E-state index in [4.69, 9.17) is 14.2 Å². The van der Waals surface area contributed by atoms with Crippen molar-refractivity contribution in [3.05, 3.63) is 134 Å². The van der Waals surface area contributed by atoms with Gasteiger partial charge in [0.05, 0.1) is 0 Å². The van der Waals surface area contributed by atoms with Crippen molar-refractivity contribution in [1.29, 1.82) is 0 Å². The van der Waals surface area contributed by atoms with Crippen LogP contribution in [0.25, 0.3) is 0 Å². The van der Waals surface area contributed by atoms with Crippen LogP contribution in [0.15, 0.2) is 134 Å². The van der Waals surface area contributed by atoms with Gasteiger partial charge < -0.3 is 14.2 Å². The molecule has 6 nitrogen and oxygen atoms in total. The van der Waals surface area contributed by atoms with Crippen LogP contribution in [-0.4, -0.2) is 37.2 Å². The number of carbonyl (C=O) groups is 3. The van der Waals surface area contributed by atoms with Gasteiger partial charge in [0.15, 0.2) is 6.10 Å². The highest BCUT2D eigenvalue weighted by atomic mass is 16.6. The van der Waals surface area contributed by atoms with Crippen LogP contribution in [0.5, 0.6) is 0 Å². The summed E-state index contributed by atoms with van der Waals surface area (Å²) in [7, 11) is 0. The van der Waals surface area contributed by atoms with E-state index in [1.807, 2.05) is 6.08 Å². The molecule has 1 unspecified atom stereocenters. The summed E-state index contributed by atoms with van der Waals surface area (Å²) >= 11 is 0. The number of allylic oxidation sites excluding steroid dienone is 22. The smallest absolute Gasteiger partial charge is 0.306 e. The van der Waals surface area contributed by atoms with Crippen LogP contribution in [0.1, 0.15) is 290 Å². The zero-order valence-corrected chi connectivity index (χ0v) is 51.3. The molecule has 0 saturated heterocycles. The minimum Gasteiger partial charge on any atom is -0.462 e. The Bertz CT molecular complexity index is 1680. The number of carbonyl (C=O) groups excluding carboxylic acids is 3. The highest BCUT2D eigenvalue weighted by Crippen LogP contribution is 2.16. The SMILES string of the molecule is CC/C=C\C/C=C\C/C=C\C/C=C\C/C=C\C/C=C\CCC(=O)OC(COC(=O)CCCCCCCCC/C=C\C/C=C\C/C=C\C/C=C\C/C=C\CC)COC(=O)CCCCCCCCCCCCCCCCCCCCC. The molecule has 1 atom stereocenters. The van der Waals surface area contributed by atoms with E-state index in [1.54, 1.807) is 0 Å². The highest BCUT2D eigenvalue weighted by molar-refractivity contribution is 5.71. The van der Waals surface area contributed by atoms with Crippen LogP contribution >= 0.6 is 0 Å². The number of ether oxygens (including phenoxy) is 3. The van der Waals surface area contributed by atoms with Gasteiger partial charge in [-0.3, -0.25) is 14.4 Å². The maximum Gasteiger partial charge on any atom is 0.306 e. The van der Waals surface area contributed by atoms with Crippen LogP contribution in [0.4, 0.5) is 0 Å². The first kappa shape index (κ1) is 74.5. The van der Waals surface area contributed by atoms with Gasteiger partial charge in [0, 0.05) is 19.3 Å². The first-order valence-electron chi connectivity index (χ1n) is 32.7. The van der Waals surface area contributed by atoms with Crippen molar-refractivity contribution >= 4 is 17.9 Å². The number of hydrogen-bond acceptors (Lipinski definition) is 6. The maximum atomic E-state index is 12.9. The molecule has 0 heterocycles. The molecular weight excluding hydrogens is 973 g/mol. The van der Waals surface area contributed by atoms with Crippen LogP contribution in [0, 0.1) is 0 Å². The summed E-state index contributed by atoms with van der Waals surface area (Å²) in [6, 6.07) is 0. The molecule has 6 heteroatoms. The molecule has 0 aromatic rings. The van der Waals surface area contributed by atoms with E-state index in [0.29, 0.717) is 19.3 Å². The largest absolute Gasteiger partial charge is 0.462 e. The topological polar surface area (TPSA) is 78.9 Å². The molecule has 0 aromatic heterocycles. The average molecular weight is 1090 g/mol. The van der Waals surface area contributed by atoms with E-state index < -0.39 is 12.1 Å². The van der Waals surface area contributed by atoms with Gasteiger partial charge in [0.25, 0.3) is 0 Å². The second-order valence-electron chi connectivity index (χ2n) is 21.3. The lowest BCUT2D eigenvalue weighted by Crippen LogP contribution is -2.30. The highest BCUT2D eigenvalue weighted by Gasteiger charge is 2.19. The predicted octanol–water partition coefficient (Wildman–Crippen LogP) is 22.5. The number of unbranched alkanes of at least 4 members (excludes halogenated alkanes) is 25. The predicted molar refractivity (Wildman–Crippen MR) is 343 cm³/mol. The van der Waals surface area contributed by atoms with E-state index in [1.165, 1.54) is 128 Å². The fraction of sp³-hybridized carbons (Fsp3) is 0.658. The summed E-state index contributed by atoms with van der Waals surface area (Å²) in [6.07, 6.45) is 93.2. The second kappa shape index (κ2) is 66.1. The van der Waals surface area contributed by atoms with Gasteiger partial charge in [-0.05, 0) is 103 Å². The van der Waals surface area contributed by atoms with E-state index in [2.05, 4.69) is 148 Å². The molecule has 0 aliphatic heterocycles. The number of rotatable bonds is 58. The zero-order valence-electron chi connectivity index (χ0n) is 51.3. The molecule has 0 aromatic carbocycles. The van der Waals surface area contributed by atoms with Gasteiger partial charge >= 0.3 is 17.9 Å². The Hall–Kier alpha value is -4.45. The molecule has 0 amide bonds. The Labute approximate surface area is 487 Å². The second-order valence-corrected chi connectivity index (χ2v) is 21.3. The van der Waals surface area contributed by atoms with Crippen LogP contribution < -0.4 is 0 Å². The van der Waals surface area contributed by atoms with Crippen molar-refractivity contribution in [2.75, 3.05) is 13.2 Å². The number of hydrogen-bond donors (Lipinski definition) is 0. The lowest BCUT2D eigenvalue weighted by Gasteiger charge is -2.18. The lowest BCUT2D eigenvalue weighted by atomic mass is 10.0. The van der Waals surface area contributed by atoms with Crippen molar-refractivity contribution < 1.29 is 28.6 Å². The first-order valence-corrected chi connectivity index (χ1v) is 32.7. The normalized spacial score (nSPS) is 13.0. The van der Waals surface area contributed by atoms with Gasteiger partial charge in [-0.2, -0.15) is 0 Å². The minimum absolute atomic E-state index is 0.113. The average Bonchev–Trinajstić information content (AvgIpc) is 3.45. The molecule has 0 fully saturated rings. The quantitative estimate of drug-likeness (QED) is 0.0261. The summed E-state index contributed by atoms with van der Waals surface area (Å²) in [5, 5.41) is 0. The molecule has 79 heavy (non-hydrogen) atoms. The van der Waals surface area contributed by atoms with Crippen molar-refractivity contribution in [2.45, 2.75) is 297 Å². The summed E-state index contributed by atoms with van der Waals surface area (Å²) in [4.78, 5) is 38.4. The molecular formula is C73H120O6. The Balaban J connectivity index is 4.50. The van der Waals surface area contributed by atoms with Crippen molar-refractivity contribution in [3.63, 3.8) is 0 Å². The summed E-state index contributed by atoms with van der Waals surface area (Å²) in [5.74, 6) is -1.00. The fourth-order valence-corrected chi connectivity index (χ4v) is 8.85. The molecule has 0 N–H and O–H groups in total. The molecule has 448 valence electrons. The van der Waals surface area contributed by atoms with E-state index in [-0.39, 0.29) is 31.6 Å². The third-order valence-corrected chi connectivity index (χ3v) is 13.7. The third kappa shape index (κ3) is 64.3. The summed E-state index contributed by atoms with van der Waals surface area (Å²) < 4.78 is 16.9. The maximum absolute atomic E-state index is 12.9. The standard InChI is InChI=1S/C73H120O6/c1-4-7-10-13-16-19-22-25-28-31-34-35-36-37-40-42-45-48-51-54-57-60-63-66-72(75)78-69-70(79-73(76)67-64-61-58-55-52-49-46-43-39-33-30-27-24-21-18-15-12-9-6-3)68-77-71(74)65-62-59-56-53-50-47-44-41-38-32-29-26-23-20-17-14-11-8-5-2/h7,9-10,12,16,18-19,21,25,27-28,30,34-35,37,39-40,43,49,52,58,61,70H,4-6,8,11,13-15,17,20,22-24,26,29,31-33,36,38,41-42,44-48,50-51,53-57,59-60,62-69H2,1-3H3/b10-7-,12-9-,19-16-,21-18-,28-25-,30-27-,35-34-,40-37-,43-39-,52-49-,61-58-. The van der Waals surface area contributed by atoms with E-state index in [9.17, 15) is 14.4 Å². The van der Waals surface area contributed by atoms with Crippen molar-refractivity contribution in [1.82, 2.24) is 0 Å². The van der Waals surface area contributed by atoms with E-state index >= 15 is 0 Å². The molecule has 0 rings (SSSR count). The molecule has 0 radical (unpaired) electrons. The molecule has 0 aliphatic carbocycles. The van der Waals surface area contributed by atoms with Crippen LogP contribution in [-0.2, 0) is 28.6 Å². The van der Waals surface area contributed by atoms with Crippen LogP contribution in [0.3, 0.4) is 0 Å². The Morgan fingerprint density at radius 2 is 0.519 bits per heavy atom. The summed E-state index contributed by atoms with van der Waals surface area (Å²) in [6.45, 7) is 6.37. The molecule has 0 aliphatic rings. The Kier molecular flexibility index (Phi) is 62.3. The fourth-order valence-electron chi connectivity index (χ4n) is 8.85. The van der Waals surface area contributed by atoms with Gasteiger partial charge in [0.1, 0.15) is 13.2 Å². The zero-order chi connectivity index (χ0) is 57.1. The van der Waals surface area contributed by atoms with Crippen molar-refractivity contribution in [3.8, 4) is 0 Å². The van der Waals surface area contributed by atoms with Gasteiger partial charge in [-0.25, -0.2) is 0 Å². The Morgan fingerprint density at radius 1 is 0.266 bits per heavy atom. The molecule has 0 saturated carbocycles. The first-order chi connectivity index (χ1) is 39.0. The van der Waals surface area contributed by atoms with Gasteiger partial charge in [0.2, 0.25) is 0 Å². The number of esters is 3. The lowest BCUT2D eigenvalue weighted by molar-refractivity contribution is -0.166. The minimum atomic E-state index is -0.828. The van der Waals surface area contributed by atoms with E-state index in [0.717, 1.165) is 116 Å². The van der Waals surface area contributed by atoms with Gasteiger partial charge in [-0.1, -0.05) is 302 Å². The summed E-state index contributed by atoms with van der Waals surface area (Å²) in [5.41, 5.74) is 0. The molecule has 0 spiro atoms. The third-order valence-electron chi connectivity index (χ3n) is 13.7. The van der Waals surface area contributed by atoms with Gasteiger partial charge in [-0.15, -0.1) is 0 Å².